The molecule has 3 amide bonds. The summed E-state index contributed by atoms with van der Waals surface area (Å²) >= 11 is 0. The summed E-state index contributed by atoms with van der Waals surface area (Å²) in [6.07, 6.45) is 5.18. The molecule has 0 aliphatic heterocycles. The number of nitrogens with one attached hydrogen (secondary N) is 2. The highest BCUT2D eigenvalue weighted by Gasteiger charge is 2.28. The summed E-state index contributed by atoms with van der Waals surface area (Å²) in [6.45, 7) is 6.19. The van der Waals surface area contributed by atoms with Crippen LogP contribution in [0.25, 0.3) is 0 Å². The summed E-state index contributed by atoms with van der Waals surface area (Å²) in [7, 11) is 0. The van der Waals surface area contributed by atoms with E-state index in [-0.39, 0.29) is 17.9 Å². The smallest absolute Gasteiger partial charge is 0.312 e. The average Bonchev–Trinajstić information content (AvgIpc) is 2.37. The molecule has 0 radical (unpaired) electrons. The van der Waals surface area contributed by atoms with Crippen molar-refractivity contribution in [3.05, 3.63) is 0 Å². The number of carbonyl (C=O) groups excluding carboxylic acids is 2. The molecule has 1 aliphatic rings. The van der Waals surface area contributed by atoms with Crippen molar-refractivity contribution >= 4 is 11.9 Å². The first-order valence-electron chi connectivity index (χ1n) is 7.30. The van der Waals surface area contributed by atoms with Gasteiger partial charge in [0.05, 0.1) is 0 Å². The van der Waals surface area contributed by atoms with Gasteiger partial charge in [0.2, 0.25) is 5.91 Å². The fraction of sp³-hybridized carbons (Fsp3) is 0.857. The highest BCUT2D eigenvalue weighted by Crippen LogP contribution is 2.23. The van der Waals surface area contributed by atoms with Gasteiger partial charge in [-0.25, -0.2) is 4.79 Å². The fourth-order valence-corrected chi connectivity index (χ4v) is 2.55. The molecule has 2 atom stereocenters. The second-order valence-electron chi connectivity index (χ2n) is 5.84. The SMILES string of the molecule is CC[C@H](C)[C@H](NC(N)=O)C(=O)NC1CCC(C)CC1. The normalized spacial score (nSPS) is 26.3. The Balaban J connectivity index is 2.53. The largest absolute Gasteiger partial charge is 0.352 e. The van der Waals surface area contributed by atoms with Crippen LogP contribution in [0.3, 0.4) is 0 Å². The third kappa shape index (κ3) is 5.09. The first-order chi connectivity index (χ1) is 8.93. The molecular formula is C14H27N3O2. The summed E-state index contributed by atoms with van der Waals surface area (Å²) in [5.41, 5.74) is 5.14. The van der Waals surface area contributed by atoms with Crippen molar-refractivity contribution in [3.8, 4) is 0 Å². The lowest BCUT2D eigenvalue weighted by Crippen LogP contribution is -2.54. The molecule has 1 rings (SSSR count). The second-order valence-corrected chi connectivity index (χ2v) is 5.84. The van der Waals surface area contributed by atoms with Gasteiger partial charge in [-0.05, 0) is 37.5 Å². The van der Waals surface area contributed by atoms with Gasteiger partial charge in [-0.1, -0.05) is 27.2 Å². The van der Waals surface area contributed by atoms with Crippen LogP contribution in [-0.2, 0) is 4.79 Å². The molecule has 0 bridgehead atoms. The number of hydrogen-bond donors (Lipinski definition) is 3. The van der Waals surface area contributed by atoms with E-state index in [0.717, 1.165) is 38.0 Å². The third-order valence-electron chi connectivity index (χ3n) is 4.16. The molecule has 4 N–H and O–H groups in total. The average molecular weight is 269 g/mol. The van der Waals surface area contributed by atoms with E-state index in [9.17, 15) is 9.59 Å². The Morgan fingerprint density at radius 1 is 1.26 bits per heavy atom. The maximum Gasteiger partial charge on any atom is 0.312 e. The molecule has 1 fully saturated rings. The van der Waals surface area contributed by atoms with Gasteiger partial charge in [-0.15, -0.1) is 0 Å². The molecule has 0 heterocycles. The topological polar surface area (TPSA) is 84.2 Å². The Bertz CT molecular complexity index is 312. The molecule has 5 nitrogen and oxygen atoms in total. The Hall–Kier alpha value is -1.26. The molecule has 0 aromatic heterocycles. The van der Waals surface area contributed by atoms with Gasteiger partial charge in [-0.2, -0.15) is 0 Å². The Morgan fingerprint density at radius 2 is 1.84 bits per heavy atom. The van der Waals surface area contributed by atoms with Gasteiger partial charge in [0.25, 0.3) is 0 Å². The zero-order valence-electron chi connectivity index (χ0n) is 12.2. The van der Waals surface area contributed by atoms with Crippen LogP contribution in [0.4, 0.5) is 4.79 Å². The number of urea groups is 1. The van der Waals surface area contributed by atoms with Gasteiger partial charge < -0.3 is 16.4 Å². The summed E-state index contributed by atoms with van der Waals surface area (Å²) in [4.78, 5) is 23.2. The van der Waals surface area contributed by atoms with Crippen LogP contribution in [0.5, 0.6) is 0 Å². The third-order valence-corrected chi connectivity index (χ3v) is 4.16. The minimum absolute atomic E-state index is 0.0787. The van der Waals surface area contributed by atoms with Crippen molar-refractivity contribution < 1.29 is 9.59 Å². The van der Waals surface area contributed by atoms with E-state index < -0.39 is 12.1 Å². The maximum absolute atomic E-state index is 12.2. The molecule has 110 valence electrons. The van der Waals surface area contributed by atoms with Crippen molar-refractivity contribution in [1.82, 2.24) is 10.6 Å². The van der Waals surface area contributed by atoms with E-state index in [0.29, 0.717) is 0 Å². The minimum atomic E-state index is -0.641. The Kier molecular flexibility index (Phi) is 6.12. The van der Waals surface area contributed by atoms with Crippen molar-refractivity contribution in [2.24, 2.45) is 17.6 Å². The number of amides is 3. The maximum atomic E-state index is 12.2. The van der Waals surface area contributed by atoms with Crippen LogP contribution in [0.2, 0.25) is 0 Å². The zero-order chi connectivity index (χ0) is 14.4. The minimum Gasteiger partial charge on any atom is -0.352 e. The van der Waals surface area contributed by atoms with Crippen molar-refractivity contribution in [3.63, 3.8) is 0 Å². The van der Waals surface area contributed by atoms with Crippen molar-refractivity contribution in [2.45, 2.75) is 65.0 Å². The fourth-order valence-electron chi connectivity index (χ4n) is 2.55. The molecule has 0 spiro atoms. The van der Waals surface area contributed by atoms with E-state index in [2.05, 4.69) is 17.6 Å². The van der Waals surface area contributed by atoms with Crippen LogP contribution >= 0.6 is 0 Å². The molecule has 5 heteroatoms. The number of rotatable bonds is 5. The van der Waals surface area contributed by atoms with Crippen LogP contribution in [-0.4, -0.2) is 24.0 Å². The lowest BCUT2D eigenvalue weighted by atomic mass is 9.87. The van der Waals surface area contributed by atoms with E-state index in [1.165, 1.54) is 0 Å². The van der Waals surface area contributed by atoms with E-state index in [1.807, 2.05) is 13.8 Å². The van der Waals surface area contributed by atoms with Gasteiger partial charge in [-0.3, -0.25) is 4.79 Å². The highest BCUT2D eigenvalue weighted by molar-refractivity contribution is 5.86. The first-order valence-corrected chi connectivity index (χ1v) is 7.30. The standard InChI is InChI=1S/C14H27N3O2/c1-4-10(3)12(17-14(15)19)13(18)16-11-7-5-9(2)6-8-11/h9-12H,4-8H2,1-3H3,(H,16,18)(H3,15,17,19)/t9?,10-,11?,12-/m0/s1. The number of hydrogen-bond acceptors (Lipinski definition) is 2. The van der Waals surface area contributed by atoms with Crippen molar-refractivity contribution in [2.75, 3.05) is 0 Å². The van der Waals surface area contributed by atoms with Crippen LogP contribution in [0.1, 0.15) is 52.9 Å². The van der Waals surface area contributed by atoms with Crippen LogP contribution < -0.4 is 16.4 Å². The zero-order valence-corrected chi connectivity index (χ0v) is 12.2. The van der Waals surface area contributed by atoms with E-state index in [1.54, 1.807) is 0 Å². The molecule has 19 heavy (non-hydrogen) atoms. The van der Waals surface area contributed by atoms with Gasteiger partial charge in [0.15, 0.2) is 0 Å². The molecule has 1 saturated carbocycles. The van der Waals surface area contributed by atoms with Crippen LogP contribution in [0.15, 0.2) is 0 Å². The molecule has 1 aliphatic carbocycles. The number of nitrogens with two attached hydrogens (primary N) is 1. The monoisotopic (exact) mass is 269 g/mol. The Labute approximate surface area is 115 Å². The number of carbonyl (C=O) groups is 2. The Morgan fingerprint density at radius 3 is 2.32 bits per heavy atom. The molecule has 0 aromatic carbocycles. The van der Waals surface area contributed by atoms with Crippen LogP contribution in [0, 0.1) is 11.8 Å². The van der Waals surface area contributed by atoms with Crippen molar-refractivity contribution in [1.29, 1.82) is 0 Å². The predicted octanol–water partition coefficient (Wildman–Crippen LogP) is 1.76. The second kappa shape index (κ2) is 7.36. The summed E-state index contributed by atoms with van der Waals surface area (Å²) in [6, 6.07) is -0.926. The summed E-state index contributed by atoms with van der Waals surface area (Å²) < 4.78 is 0. The summed E-state index contributed by atoms with van der Waals surface area (Å²) in [5, 5.41) is 5.61. The van der Waals surface area contributed by atoms with Gasteiger partial charge in [0.1, 0.15) is 6.04 Å². The van der Waals surface area contributed by atoms with E-state index >= 15 is 0 Å². The summed E-state index contributed by atoms with van der Waals surface area (Å²) in [5.74, 6) is 0.727. The molecule has 0 aromatic rings. The predicted molar refractivity (Wildman–Crippen MR) is 75.5 cm³/mol. The first kappa shape index (κ1) is 15.8. The lowest BCUT2D eigenvalue weighted by Gasteiger charge is -2.30. The quantitative estimate of drug-likeness (QED) is 0.710. The van der Waals surface area contributed by atoms with E-state index in [4.69, 9.17) is 5.73 Å². The van der Waals surface area contributed by atoms with Gasteiger partial charge in [0, 0.05) is 6.04 Å². The molecule has 0 unspecified atom stereocenters. The molecular weight excluding hydrogens is 242 g/mol. The van der Waals surface area contributed by atoms with Gasteiger partial charge >= 0.3 is 6.03 Å². The molecule has 0 saturated heterocycles. The number of primary amides is 1. The lowest BCUT2D eigenvalue weighted by molar-refractivity contribution is -0.125. The highest BCUT2D eigenvalue weighted by atomic mass is 16.2.